The van der Waals surface area contributed by atoms with Gasteiger partial charge >= 0.3 is 5.97 Å². The van der Waals surface area contributed by atoms with Crippen LogP contribution in [-0.2, 0) is 4.74 Å². The van der Waals surface area contributed by atoms with Gasteiger partial charge in [-0.15, -0.1) is 0 Å². The second-order valence-electron chi connectivity index (χ2n) is 3.63. The molecule has 0 amide bonds. The summed E-state index contributed by atoms with van der Waals surface area (Å²) < 4.78 is 4.95. The van der Waals surface area contributed by atoms with Crippen LogP contribution in [-0.4, -0.2) is 23.7 Å². The van der Waals surface area contributed by atoms with Gasteiger partial charge in [0, 0.05) is 17.3 Å². The minimum absolute atomic E-state index is 0.0510. The quantitative estimate of drug-likeness (QED) is 0.476. The number of Topliss-reactive ketones (excluding diaryl/α,β-unsaturated/α-hetero) is 1. The summed E-state index contributed by atoms with van der Waals surface area (Å²) in [6, 6.07) is 5.20. The molecule has 1 aromatic carbocycles. The number of hydrogen-bond acceptors (Lipinski definition) is 3. The molecule has 1 aromatic rings. The van der Waals surface area contributed by atoms with E-state index in [4.69, 9.17) is 4.74 Å². The third kappa shape index (κ3) is 3.66. The topological polar surface area (TPSA) is 43.4 Å². The lowest BCUT2D eigenvalue weighted by Gasteiger charge is -2.08. The van der Waals surface area contributed by atoms with Gasteiger partial charge in [-0.1, -0.05) is 33.6 Å². The van der Waals surface area contributed by atoms with Crippen LogP contribution in [0.5, 0.6) is 0 Å². The van der Waals surface area contributed by atoms with Gasteiger partial charge in [-0.2, -0.15) is 0 Å². The maximum atomic E-state index is 11.8. The maximum absolute atomic E-state index is 11.8. The molecular weight excluding hydrogens is 284 g/mol. The SMILES string of the molecule is CCOC(=O)c1cc(C)ccc1C(=O)CCBr. The van der Waals surface area contributed by atoms with Gasteiger partial charge in [-0.05, 0) is 19.9 Å². The second kappa shape index (κ2) is 6.55. The van der Waals surface area contributed by atoms with Crippen molar-refractivity contribution in [3.05, 3.63) is 34.9 Å². The number of hydrogen-bond donors (Lipinski definition) is 0. The molecule has 0 aliphatic heterocycles. The summed E-state index contributed by atoms with van der Waals surface area (Å²) in [5.41, 5.74) is 1.73. The number of rotatable bonds is 5. The predicted molar refractivity (Wildman–Crippen MR) is 69.9 cm³/mol. The molecule has 0 bridgehead atoms. The van der Waals surface area contributed by atoms with Gasteiger partial charge in [0.25, 0.3) is 0 Å². The Morgan fingerprint density at radius 3 is 2.59 bits per heavy atom. The Labute approximate surface area is 109 Å². The van der Waals surface area contributed by atoms with E-state index < -0.39 is 5.97 Å². The molecule has 0 fully saturated rings. The van der Waals surface area contributed by atoms with E-state index in [0.29, 0.717) is 29.5 Å². The Bertz CT molecular complexity index is 427. The van der Waals surface area contributed by atoms with Crippen LogP contribution in [0.25, 0.3) is 0 Å². The zero-order valence-corrected chi connectivity index (χ0v) is 11.5. The predicted octanol–water partition coefficient (Wildman–Crippen LogP) is 3.14. The first kappa shape index (κ1) is 13.9. The Balaban J connectivity index is 3.11. The van der Waals surface area contributed by atoms with E-state index in [9.17, 15) is 9.59 Å². The monoisotopic (exact) mass is 298 g/mol. The van der Waals surface area contributed by atoms with Gasteiger partial charge in [0.05, 0.1) is 12.2 Å². The van der Waals surface area contributed by atoms with Gasteiger partial charge in [0.2, 0.25) is 0 Å². The van der Waals surface area contributed by atoms with Crippen LogP contribution in [0.2, 0.25) is 0 Å². The number of esters is 1. The second-order valence-corrected chi connectivity index (χ2v) is 4.42. The molecule has 0 aliphatic carbocycles. The molecular formula is C13H15BrO3. The molecule has 17 heavy (non-hydrogen) atoms. The summed E-state index contributed by atoms with van der Waals surface area (Å²) >= 11 is 3.22. The van der Waals surface area contributed by atoms with Crippen LogP contribution in [0.3, 0.4) is 0 Å². The summed E-state index contributed by atoms with van der Waals surface area (Å²) in [6.45, 7) is 3.92. The normalized spacial score (nSPS) is 10.1. The number of alkyl halides is 1. The maximum Gasteiger partial charge on any atom is 0.338 e. The highest BCUT2D eigenvalue weighted by atomic mass is 79.9. The summed E-state index contributed by atoms with van der Waals surface area (Å²) in [5, 5.41) is 0.585. The average Bonchev–Trinajstić information content (AvgIpc) is 2.29. The van der Waals surface area contributed by atoms with Gasteiger partial charge in [-0.25, -0.2) is 4.79 Å². The summed E-state index contributed by atoms with van der Waals surface area (Å²) in [5.74, 6) is -0.487. The molecule has 0 N–H and O–H groups in total. The summed E-state index contributed by atoms with van der Waals surface area (Å²) in [4.78, 5) is 23.6. The molecule has 0 unspecified atom stereocenters. The fraction of sp³-hybridized carbons (Fsp3) is 0.385. The van der Waals surface area contributed by atoms with E-state index in [-0.39, 0.29) is 5.78 Å². The average molecular weight is 299 g/mol. The molecule has 0 atom stereocenters. The van der Waals surface area contributed by atoms with Crippen LogP contribution < -0.4 is 0 Å². The van der Waals surface area contributed by atoms with E-state index in [1.807, 2.05) is 13.0 Å². The van der Waals surface area contributed by atoms with Crippen molar-refractivity contribution in [1.82, 2.24) is 0 Å². The molecule has 0 radical (unpaired) electrons. The van der Waals surface area contributed by atoms with E-state index in [0.717, 1.165) is 5.56 Å². The largest absolute Gasteiger partial charge is 0.462 e. The number of carbonyl (C=O) groups is 2. The van der Waals surface area contributed by atoms with Gasteiger partial charge in [0.15, 0.2) is 5.78 Å². The van der Waals surface area contributed by atoms with E-state index in [1.165, 1.54) is 0 Å². The van der Waals surface area contributed by atoms with Crippen molar-refractivity contribution >= 4 is 27.7 Å². The molecule has 3 nitrogen and oxygen atoms in total. The highest BCUT2D eigenvalue weighted by Crippen LogP contribution is 2.15. The minimum atomic E-state index is -0.436. The van der Waals surface area contributed by atoms with Crippen LogP contribution in [0.4, 0.5) is 0 Å². The fourth-order valence-electron chi connectivity index (χ4n) is 1.50. The standard InChI is InChI=1S/C13H15BrO3/c1-3-17-13(16)11-8-9(2)4-5-10(11)12(15)6-7-14/h4-5,8H,3,6-7H2,1-2H3. The van der Waals surface area contributed by atoms with Crippen molar-refractivity contribution in [3.63, 3.8) is 0 Å². The first-order chi connectivity index (χ1) is 8.10. The van der Waals surface area contributed by atoms with Crippen molar-refractivity contribution in [2.45, 2.75) is 20.3 Å². The lowest BCUT2D eigenvalue weighted by Crippen LogP contribution is -2.12. The summed E-state index contributed by atoms with van der Waals surface area (Å²) in [7, 11) is 0. The molecule has 0 heterocycles. The van der Waals surface area contributed by atoms with Gasteiger partial charge in [0.1, 0.15) is 0 Å². The lowest BCUT2D eigenvalue weighted by atomic mass is 10.00. The third-order valence-corrected chi connectivity index (χ3v) is 2.69. The molecule has 0 aromatic heterocycles. The highest BCUT2D eigenvalue weighted by Gasteiger charge is 2.17. The molecule has 0 aliphatic rings. The van der Waals surface area contributed by atoms with E-state index >= 15 is 0 Å². The van der Waals surface area contributed by atoms with Crippen LogP contribution >= 0.6 is 15.9 Å². The van der Waals surface area contributed by atoms with Gasteiger partial charge in [-0.3, -0.25) is 4.79 Å². The van der Waals surface area contributed by atoms with Gasteiger partial charge < -0.3 is 4.74 Å². The molecule has 0 saturated carbocycles. The van der Waals surface area contributed by atoms with Crippen molar-refractivity contribution in [2.24, 2.45) is 0 Å². The van der Waals surface area contributed by atoms with Crippen molar-refractivity contribution in [2.75, 3.05) is 11.9 Å². The Morgan fingerprint density at radius 1 is 1.29 bits per heavy atom. The smallest absolute Gasteiger partial charge is 0.338 e. The number of ether oxygens (including phenoxy) is 1. The van der Waals surface area contributed by atoms with Crippen molar-refractivity contribution in [1.29, 1.82) is 0 Å². The Kier molecular flexibility index (Phi) is 5.35. The fourth-order valence-corrected chi connectivity index (χ4v) is 1.86. The number of ketones is 1. The van der Waals surface area contributed by atoms with E-state index in [2.05, 4.69) is 15.9 Å². The molecule has 92 valence electrons. The first-order valence-corrected chi connectivity index (χ1v) is 6.59. The summed E-state index contributed by atoms with van der Waals surface area (Å²) in [6.07, 6.45) is 0.371. The number of halogens is 1. The Morgan fingerprint density at radius 2 is 2.00 bits per heavy atom. The Hall–Kier alpha value is -1.16. The van der Waals surface area contributed by atoms with Crippen LogP contribution in [0.15, 0.2) is 18.2 Å². The van der Waals surface area contributed by atoms with Crippen molar-refractivity contribution in [3.8, 4) is 0 Å². The number of carbonyl (C=O) groups excluding carboxylic acids is 2. The minimum Gasteiger partial charge on any atom is -0.462 e. The zero-order valence-electron chi connectivity index (χ0n) is 9.96. The zero-order chi connectivity index (χ0) is 12.8. The van der Waals surface area contributed by atoms with Crippen LogP contribution in [0.1, 0.15) is 39.6 Å². The molecule has 1 rings (SSSR count). The number of aryl methyl sites for hydroxylation is 1. The molecule has 0 saturated heterocycles. The molecule has 4 heteroatoms. The van der Waals surface area contributed by atoms with E-state index in [1.54, 1.807) is 19.1 Å². The van der Waals surface area contributed by atoms with Crippen molar-refractivity contribution < 1.29 is 14.3 Å². The number of benzene rings is 1. The lowest BCUT2D eigenvalue weighted by molar-refractivity contribution is 0.0523. The van der Waals surface area contributed by atoms with Crippen LogP contribution in [0, 0.1) is 6.92 Å². The highest BCUT2D eigenvalue weighted by molar-refractivity contribution is 9.09. The molecule has 0 spiro atoms. The first-order valence-electron chi connectivity index (χ1n) is 5.47. The third-order valence-electron chi connectivity index (χ3n) is 2.29.